The number of methoxy groups -OCH3 is 2. The van der Waals surface area contributed by atoms with Gasteiger partial charge in [0.25, 0.3) is 0 Å². The SMILES string of the molecule is C=Cc1cccc(O[Si]C(OC)OC)c1. The van der Waals surface area contributed by atoms with Crippen LogP contribution in [-0.4, -0.2) is 29.9 Å². The van der Waals surface area contributed by atoms with Crippen LogP contribution in [0.25, 0.3) is 6.08 Å². The van der Waals surface area contributed by atoms with Gasteiger partial charge in [0.05, 0.1) is 0 Å². The zero-order valence-electron chi connectivity index (χ0n) is 8.90. The Balaban J connectivity index is 2.53. The lowest BCUT2D eigenvalue weighted by Crippen LogP contribution is -2.25. The van der Waals surface area contributed by atoms with Crippen molar-refractivity contribution in [1.82, 2.24) is 0 Å². The third-order valence-corrected chi connectivity index (χ3v) is 2.81. The van der Waals surface area contributed by atoms with Crippen LogP contribution in [0, 0.1) is 0 Å². The zero-order chi connectivity index (χ0) is 11.1. The lowest BCUT2D eigenvalue weighted by molar-refractivity contribution is -0.0492. The van der Waals surface area contributed by atoms with Crippen LogP contribution in [-0.2, 0) is 9.47 Å². The Kier molecular flexibility index (Phi) is 5.10. The van der Waals surface area contributed by atoms with Crippen LogP contribution in [0.15, 0.2) is 30.8 Å². The maximum Gasteiger partial charge on any atom is 0.376 e. The Hall–Kier alpha value is -1.10. The zero-order valence-corrected chi connectivity index (χ0v) is 9.90. The van der Waals surface area contributed by atoms with Crippen LogP contribution in [0.2, 0.25) is 0 Å². The number of hydrogen-bond acceptors (Lipinski definition) is 3. The van der Waals surface area contributed by atoms with E-state index >= 15 is 0 Å². The normalized spacial score (nSPS) is 10.3. The van der Waals surface area contributed by atoms with Crippen molar-refractivity contribution in [2.75, 3.05) is 14.2 Å². The van der Waals surface area contributed by atoms with Crippen molar-refractivity contribution in [1.29, 1.82) is 0 Å². The second-order valence-corrected chi connectivity index (χ2v) is 3.71. The van der Waals surface area contributed by atoms with Crippen molar-refractivity contribution in [2.24, 2.45) is 0 Å². The van der Waals surface area contributed by atoms with E-state index in [0.29, 0.717) is 0 Å². The second-order valence-electron chi connectivity index (χ2n) is 2.80. The second kappa shape index (κ2) is 6.39. The summed E-state index contributed by atoms with van der Waals surface area (Å²) in [6.07, 6.45) is 1.78. The Morgan fingerprint density at radius 2 is 2.07 bits per heavy atom. The van der Waals surface area contributed by atoms with Gasteiger partial charge in [-0.05, 0) is 17.7 Å². The average Bonchev–Trinajstić information content (AvgIpc) is 2.31. The van der Waals surface area contributed by atoms with E-state index in [0.717, 1.165) is 11.3 Å². The lowest BCUT2D eigenvalue weighted by atomic mass is 10.2. The van der Waals surface area contributed by atoms with Crippen LogP contribution in [0.4, 0.5) is 0 Å². The summed E-state index contributed by atoms with van der Waals surface area (Å²) in [5, 5.41) is 0. The summed E-state index contributed by atoms with van der Waals surface area (Å²) in [5.74, 6) is 0.488. The van der Waals surface area contributed by atoms with Gasteiger partial charge in [-0.25, -0.2) is 0 Å². The van der Waals surface area contributed by atoms with Crippen LogP contribution in [0.1, 0.15) is 5.56 Å². The number of rotatable bonds is 6. The first-order chi connectivity index (χ1) is 7.30. The van der Waals surface area contributed by atoms with E-state index in [1.54, 1.807) is 20.3 Å². The molecule has 0 saturated carbocycles. The predicted octanol–water partition coefficient (Wildman–Crippen LogP) is 1.90. The summed E-state index contributed by atoms with van der Waals surface area (Å²) in [7, 11) is 3.30. The molecular weight excluding hydrogens is 208 g/mol. The fraction of sp³-hybridized carbons (Fsp3) is 0.273. The van der Waals surface area contributed by atoms with E-state index in [4.69, 9.17) is 13.9 Å². The first-order valence-electron chi connectivity index (χ1n) is 4.50. The highest BCUT2D eigenvalue weighted by Gasteiger charge is 2.09. The minimum absolute atomic E-state index is 0.120. The van der Waals surface area contributed by atoms with E-state index < -0.39 is 0 Å². The summed E-state index contributed by atoms with van der Waals surface area (Å²) < 4.78 is 15.6. The third-order valence-electron chi connectivity index (χ3n) is 1.79. The summed E-state index contributed by atoms with van der Waals surface area (Å²) in [4.78, 5) is 0. The fourth-order valence-corrected chi connectivity index (χ4v) is 1.57. The molecule has 0 bridgehead atoms. The van der Waals surface area contributed by atoms with Crippen molar-refractivity contribution in [3.8, 4) is 5.75 Å². The van der Waals surface area contributed by atoms with Gasteiger partial charge in [-0.2, -0.15) is 0 Å². The van der Waals surface area contributed by atoms with Crippen molar-refractivity contribution in [3.05, 3.63) is 36.4 Å². The monoisotopic (exact) mass is 222 g/mol. The molecule has 0 aromatic heterocycles. The maximum atomic E-state index is 5.52. The highest BCUT2D eigenvalue weighted by molar-refractivity contribution is 6.29. The van der Waals surface area contributed by atoms with E-state index in [1.165, 1.54) is 0 Å². The highest BCUT2D eigenvalue weighted by Crippen LogP contribution is 2.13. The van der Waals surface area contributed by atoms with E-state index in [9.17, 15) is 0 Å². The van der Waals surface area contributed by atoms with Crippen LogP contribution in [0.3, 0.4) is 0 Å². The van der Waals surface area contributed by atoms with Crippen molar-refractivity contribution in [3.63, 3.8) is 0 Å². The molecule has 1 aromatic rings. The van der Waals surface area contributed by atoms with Gasteiger partial charge in [-0.15, -0.1) is 0 Å². The summed E-state index contributed by atoms with van der Waals surface area (Å²) in [5.41, 5.74) is 1.03. The van der Waals surface area contributed by atoms with Crippen molar-refractivity contribution in [2.45, 2.75) is 5.91 Å². The van der Waals surface area contributed by atoms with E-state index in [2.05, 4.69) is 6.58 Å². The minimum atomic E-state index is -0.308. The topological polar surface area (TPSA) is 27.7 Å². The first-order valence-corrected chi connectivity index (χ1v) is 5.49. The summed E-state index contributed by atoms with van der Waals surface area (Å²) in [6, 6.07) is 7.70. The Labute approximate surface area is 92.6 Å². The number of ether oxygens (including phenoxy) is 2. The molecular formula is C11H14O3Si. The molecule has 0 unspecified atom stereocenters. The molecule has 0 N–H and O–H groups in total. The number of hydrogen-bond donors (Lipinski definition) is 0. The van der Waals surface area contributed by atoms with E-state index in [1.807, 2.05) is 24.3 Å². The van der Waals surface area contributed by atoms with E-state index in [-0.39, 0.29) is 15.7 Å². The van der Waals surface area contributed by atoms with Gasteiger partial charge in [-0.3, -0.25) is 0 Å². The largest absolute Gasteiger partial charge is 0.535 e. The Morgan fingerprint density at radius 1 is 1.33 bits per heavy atom. The van der Waals surface area contributed by atoms with Crippen LogP contribution < -0.4 is 4.43 Å². The molecule has 0 fully saturated rings. The van der Waals surface area contributed by atoms with Gasteiger partial charge in [0.2, 0.25) is 0 Å². The first kappa shape index (κ1) is 12.0. The van der Waals surface area contributed by atoms with Gasteiger partial charge in [0.1, 0.15) is 5.75 Å². The molecule has 0 aliphatic carbocycles. The molecule has 4 heteroatoms. The summed E-state index contributed by atoms with van der Waals surface area (Å²) in [6.45, 7) is 3.70. The molecule has 0 aliphatic rings. The standard InChI is InChI=1S/C11H14O3Si/c1-4-9-6-5-7-10(8-9)14-15-11(12-2)13-3/h4-8,11H,1H2,2-3H3. The van der Waals surface area contributed by atoms with Crippen LogP contribution >= 0.6 is 0 Å². The summed E-state index contributed by atoms with van der Waals surface area (Å²) >= 11 is 0. The molecule has 2 radical (unpaired) electrons. The molecule has 3 nitrogen and oxygen atoms in total. The molecule has 0 amide bonds. The fourth-order valence-electron chi connectivity index (χ4n) is 1.01. The molecule has 0 heterocycles. The molecule has 0 spiro atoms. The highest BCUT2D eigenvalue weighted by atomic mass is 28.2. The van der Waals surface area contributed by atoms with Gasteiger partial charge in [0.15, 0.2) is 5.91 Å². The Morgan fingerprint density at radius 3 is 2.67 bits per heavy atom. The molecule has 15 heavy (non-hydrogen) atoms. The van der Waals surface area contributed by atoms with Crippen molar-refractivity contribution >= 4 is 15.8 Å². The molecule has 0 atom stereocenters. The number of benzene rings is 1. The lowest BCUT2D eigenvalue weighted by Gasteiger charge is -2.12. The van der Waals surface area contributed by atoms with Gasteiger partial charge >= 0.3 is 9.76 Å². The molecule has 80 valence electrons. The average molecular weight is 222 g/mol. The predicted molar refractivity (Wildman–Crippen MR) is 60.7 cm³/mol. The maximum absolute atomic E-state index is 5.52. The van der Waals surface area contributed by atoms with Gasteiger partial charge in [-0.1, -0.05) is 24.8 Å². The van der Waals surface area contributed by atoms with Gasteiger partial charge < -0.3 is 13.9 Å². The molecule has 0 saturated heterocycles. The Bertz CT molecular complexity index is 310. The molecule has 1 aromatic carbocycles. The third kappa shape index (κ3) is 3.87. The van der Waals surface area contributed by atoms with Crippen molar-refractivity contribution < 1.29 is 13.9 Å². The molecule has 0 aliphatic heterocycles. The minimum Gasteiger partial charge on any atom is -0.535 e. The smallest absolute Gasteiger partial charge is 0.376 e. The molecule has 1 rings (SSSR count). The quantitative estimate of drug-likeness (QED) is 0.543. The van der Waals surface area contributed by atoms with Crippen LogP contribution in [0.5, 0.6) is 5.75 Å². The van der Waals surface area contributed by atoms with Gasteiger partial charge in [0, 0.05) is 14.2 Å².